The van der Waals surface area contributed by atoms with E-state index in [0.717, 1.165) is 5.69 Å². The Morgan fingerprint density at radius 3 is 2.60 bits per heavy atom. The van der Waals surface area contributed by atoms with E-state index in [2.05, 4.69) is 10.3 Å². The normalized spacial score (nSPS) is 10.6. The van der Waals surface area contributed by atoms with Crippen molar-refractivity contribution in [2.45, 2.75) is 19.9 Å². The second kappa shape index (κ2) is 5.92. The van der Waals surface area contributed by atoms with Crippen LogP contribution in [0.2, 0.25) is 0 Å². The summed E-state index contributed by atoms with van der Waals surface area (Å²) < 4.78 is 0. The number of rotatable bonds is 4. The molecule has 0 spiro atoms. The first-order valence-corrected chi connectivity index (χ1v) is 7.16. The second-order valence-electron chi connectivity index (χ2n) is 4.73. The molecule has 0 aliphatic carbocycles. The fourth-order valence-electron chi connectivity index (χ4n) is 1.72. The zero-order chi connectivity index (χ0) is 14.7. The van der Waals surface area contributed by atoms with Crippen molar-refractivity contribution in [1.82, 2.24) is 4.98 Å². The van der Waals surface area contributed by atoms with E-state index in [-0.39, 0.29) is 17.8 Å². The summed E-state index contributed by atoms with van der Waals surface area (Å²) in [5.41, 5.74) is 6.67. The number of nitrogens with zero attached hydrogens (tertiary/aromatic N) is 2. The number of hydrogen-bond acceptors (Lipinski definition) is 5. The Morgan fingerprint density at radius 2 is 2.00 bits per heavy atom. The van der Waals surface area contributed by atoms with E-state index >= 15 is 0 Å². The maximum absolute atomic E-state index is 12.5. The molecular weight excluding hydrogens is 272 g/mol. The summed E-state index contributed by atoms with van der Waals surface area (Å²) in [4.78, 5) is 18.7. The molecule has 1 aromatic heterocycles. The molecule has 1 aromatic carbocycles. The van der Waals surface area contributed by atoms with Crippen molar-refractivity contribution in [3.05, 3.63) is 35.2 Å². The van der Waals surface area contributed by atoms with Crippen LogP contribution < -0.4 is 16.0 Å². The highest BCUT2D eigenvalue weighted by Gasteiger charge is 2.20. The maximum Gasteiger partial charge on any atom is 0.272 e. The van der Waals surface area contributed by atoms with Crippen molar-refractivity contribution in [3.8, 4) is 0 Å². The van der Waals surface area contributed by atoms with Gasteiger partial charge < -0.3 is 16.0 Å². The quantitative estimate of drug-likeness (QED) is 0.908. The Morgan fingerprint density at radius 1 is 1.35 bits per heavy atom. The summed E-state index contributed by atoms with van der Waals surface area (Å²) in [5.74, 6) is 0.119. The molecule has 0 aliphatic heterocycles. The lowest BCUT2D eigenvalue weighted by Gasteiger charge is -2.16. The molecule has 3 N–H and O–H groups in total. The van der Waals surface area contributed by atoms with Crippen molar-refractivity contribution in [3.63, 3.8) is 0 Å². The molecule has 0 fully saturated rings. The van der Waals surface area contributed by atoms with Gasteiger partial charge in [-0.2, -0.15) is 0 Å². The summed E-state index contributed by atoms with van der Waals surface area (Å²) >= 11 is 1.28. The van der Waals surface area contributed by atoms with Gasteiger partial charge in [-0.05, 0) is 26.0 Å². The van der Waals surface area contributed by atoms with E-state index in [1.807, 2.05) is 44.2 Å². The zero-order valence-electron chi connectivity index (χ0n) is 11.8. The highest BCUT2D eigenvalue weighted by Crippen LogP contribution is 2.28. The number of anilines is 3. The van der Waals surface area contributed by atoms with Crippen molar-refractivity contribution in [1.29, 1.82) is 0 Å². The van der Waals surface area contributed by atoms with Gasteiger partial charge in [-0.25, -0.2) is 4.98 Å². The molecule has 106 valence electrons. The molecule has 5 nitrogen and oxygen atoms in total. The number of aromatic nitrogens is 1. The molecule has 0 bridgehead atoms. The number of hydrogen-bond donors (Lipinski definition) is 2. The largest absolute Gasteiger partial charge is 0.382 e. The number of thiazole rings is 1. The fourth-order valence-corrected chi connectivity index (χ4v) is 2.72. The molecule has 0 saturated carbocycles. The monoisotopic (exact) mass is 290 g/mol. The number of amides is 1. The average Bonchev–Trinajstić information content (AvgIpc) is 2.78. The first-order chi connectivity index (χ1) is 9.49. The van der Waals surface area contributed by atoms with Crippen molar-refractivity contribution in [2.75, 3.05) is 23.0 Å². The van der Waals surface area contributed by atoms with E-state index in [4.69, 9.17) is 5.73 Å². The number of carbonyl (C=O) groups excluding carboxylic acids is 1. The second-order valence-corrected chi connectivity index (χ2v) is 5.73. The highest BCUT2D eigenvalue weighted by atomic mass is 32.1. The van der Waals surface area contributed by atoms with E-state index < -0.39 is 0 Å². The zero-order valence-corrected chi connectivity index (χ0v) is 12.6. The van der Waals surface area contributed by atoms with Crippen LogP contribution >= 0.6 is 11.3 Å². The molecule has 2 rings (SSSR count). The van der Waals surface area contributed by atoms with Gasteiger partial charge in [0.25, 0.3) is 5.91 Å². The minimum absolute atomic E-state index is 0.150. The van der Waals surface area contributed by atoms with Crippen molar-refractivity contribution < 1.29 is 4.79 Å². The number of carbonyl (C=O) groups is 1. The third kappa shape index (κ3) is 3.08. The van der Waals surface area contributed by atoms with Crippen LogP contribution in [0.1, 0.15) is 23.5 Å². The first kappa shape index (κ1) is 14.3. The van der Waals surface area contributed by atoms with Crippen LogP contribution in [0.4, 0.5) is 16.6 Å². The van der Waals surface area contributed by atoms with Crippen LogP contribution in [-0.2, 0) is 0 Å². The third-order valence-electron chi connectivity index (χ3n) is 2.71. The van der Waals surface area contributed by atoms with Gasteiger partial charge in [0.2, 0.25) is 0 Å². The van der Waals surface area contributed by atoms with Gasteiger partial charge in [-0.3, -0.25) is 4.79 Å². The first-order valence-electron chi connectivity index (χ1n) is 6.35. The maximum atomic E-state index is 12.5. The van der Waals surface area contributed by atoms with Crippen LogP contribution in [0.25, 0.3) is 0 Å². The summed E-state index contributed by atoms with van der Waals surface area (Å²) in [6.07, 6.45) is 0. The molecule has 20 heavy (non-hydrogen) atoms. The Hall–Kier alpha value is -2.08. The number of benzene rings is 1. The lowest BCUT2D eigenvalue weighted by molar-refractivity contribution is 0.0997. The molecule has 0 aliphatic rings. The number of nitrogens with one attached hydrogen (secondary N) is 1. The van der Waals surface area contributed by atoms with E-state index in [1.54, 1.807) is 11.9 Å². The minimum atomic E-state index is -0.150. The standard InChI is InChI=1S/C14H18N4OS/c1-9(2)16-14-17-12(15)11(20-14)13(19)18(3)10-7-5-4-6-8-10/h4-9H,15H2,1-3H3,(H,16,17). The Kier molecular flexibility index (Phi) is 4.24. The van der Waals surface area contributed by atoms with E-state index in [1.165, 1.54) is 11.3 Å². The van der Waals surface area contributed by atoms with Crippen molar-refractivity contribution >= 4 is 33.9 Å². The van der Waals surface area contributed by atoms with Crippen molar-refractivity contribution in [2.24, 2.45) is 0 Å². The number of nitrogen functional groups attached to an aromatic ring is 1. The van der Waals surface area contributed by atoms with E-state index in [0.29, 0.717) is 10.0 Å². The van der Waals surface area contributed by atoms with Crippen LogP contribution in [0.15, 0.2) is 30.3 Å². The molecule has 2 aromatic rings. The van der Waals surface area contributed by atoms with Crippen LogP contribution in [0.5, 0.6) is 0 Å². The topological polar surface area (TPSA) is 71.2 Å². The fraction of sp³-hybridized carbons (Fsp3) is 0.286. The predicted octanol–water partition coefficient (Wildman–Crippen LogP) is 2.82. The number of nitrogens with two attached hydrogens (primary N) is 1. The molecule has 1 amide bonds. The summed E-state index contributed by atoms with van der Waals surface area (Å²) in [5, 5.41) is 3.83. The molecule has 0 radical (unpaired) electrons. The minimum Gasteiger partial charge on any atom is -0.382 e. The average molecular weight is 290 g/mol. The molecule has 6 heteroatoms. The SMILES string of the molecule is CC(C)Nc1nc(N)c(C(=O)N(C)c2ccccc2)s1. The predicted molar refractivity (Wildman–Crippen MR) is 84.5 cm³/mol. The van der Waals surface area contributed by atoms with Gasteiger partial charge in [0.15, 0.2) is 5.13 Å². The van der Waals surface area contributed by atoms with Crippen LogP contribution in [-0.4, -0.2) is 24.0 Å². The third-order valence-corrected chi connectivity index (χ3v) is 3.70. The molecule has 0 saturated heterocycles. The Labute approximate surface area is 122 Å². The van der Waals surface area contributed by atoms with Gasteiger partial charge in [0.05, 0.1) is 0 Å². The van der Waals surface area contributed by atoms with Gasteiger partial charge in [-0.15, -0.1) is 0 Å². The summed E-state index contributed by atoms with van der Waals surface area (Å²) in [7, 11) is 1.73. The summed E-state index contributed by atoms with van der Waals surface area (Å²) in [6.45, 7) is 4.02. The van der Waals surface area contributed by atoms with Crippen LogP contribution in [0, 0.1) is 0 Å². The molecule has 0 unspecified atom stereocenters. The van der Waals surface area contributed by atoms with Crippen LogP contribution in [0.3, 0.4) is 0 Å². The van der Waals surface area contributed by atoms with E-state index in [9.17, 15) is 4.79 Å². The lowest BCUT2D eigenvalue weighted by atomic mass is 10.3. The van der Waals surface area contributed by atoms with Gasteiger partial charge in [0.1, 0.15) is 10.7 Å². The highest BCUT2D eigenvalue weighted by molar-refractivity contribution is 7.18. The molecule has 1 heterocycles. The van der Waals surface area contributed by atoms with Gasteiger partial charge in [-0.1, -0.05) is 29.5 Å². The van der Waals surface area contributed by atoms with Gasteiger partial charge >= 0.3 is 0 Å². The summed E-state index contributed by atoms with van der Waals surface area (Å²) in [6, 6.07) is 9.69. The Balaban J connectivity index is 2.23. The Bertz CT molecular complexity index is 594. The number of para-hydroxylation sites is 1. The smallest absolute Gasteiger partial charge is 0.272 e. The lowest BCUT2D eigenvalue weighted by Crippen LogP contribution is -2.26. The van der Waals surface area contributed by atoms with Gasteiger partial charge in [0, 0.05) is 18.8 Å². The molecular formula is C14H18N4OS. The molecule has 0 atom stereocenters.